The first-order valence-electron chi connectivity index (χ1n) is 5.50. The van der Waals surface area contributed by atoms with Crippen LogP contribution in [0.3, 0.4) is 0 Å². The van der Waals surface area contributed by atoms with Crippen LogP contribution in [0.25, 0.3) is 11.0 Å². The largest absolute Gasteiger partial charge is 0.369 e. The molecule has 18 heavy (non-hydrogen) atoms. The van der Waals surface area contributed by atoms with Crippen molar-refractivity contribution < 1.29 is 4.92 Å². The van der Waals surface area contributed by atoms with E-state index in [9.17, 15) is 14.9 Å². The lowest BCUT2D eigenvalue weighted by Gasteiger charge is -2.08. The third kappa shape index (κ3) is 1.71. The zero-order valence-corrected chi connectivity index (χ0v) is 10.0. The molecule has 0 radical (unpaired) electrons. The number of aromatic nitrogens is 3. The van der Waals surface area contributed by atoms with Gasteiger partial charge in [-0.15, -0.1) is 0 Å². The van der Waals surface area contributed by atoms with Gasteiger partial charge in [0.2, 0.25) is 11.6 Å². The lowest BCUT2D eigenvalue weighted by molar-refractivity contribution is -0.392. The summed E-state index contributed by atoms with van der Waals surface area (Å²) in [5.41, 5.74) is 5.25. The fourth-order valence-electron chi connectivity index (χ4n) is 1.87. The zero-order valence-electron chi connectivity index (χ0n) is 10.0. The van der Waals surface area contributed by atoms with Crippen molar-refractivity contribution in [2.75, 3.05) is 5.73 Å². The number of nitrogens with one attached hydrogen (secondary N) is 1. The quantitative estimate of drug-likeness (QED) is 0.627. The Balaban J connectivity index is 2.90. The maximum Gasteiger partial charge on any atom is 0.325 e. The van der Waals surface area contributed by atoms with Crippen molar-refractivity contribution in [1.29, 1.82) is 0 Å². The second-order valence-corrected chi connectivity index (χ2v) is 4.08. The van der Waals surface area contributed by atoms with Gasteiger partial charge in [-0.3, -0.25) is 9.78 Å². The van der Waals surface area contributed by atoms with Crippen LogP contribution in [0.5, 0.6) is 0 Å². The lowest BCUT2D eigenvalue weighted by Crippen LogP contribution is -2.13. The van der Waals surface area contributed by atoms with E-state index in [0.717, 1.165) is 0 Å². The van der Waals surface area contributed by atoms with Crippen LogP contribution in [0.2, 0.25) is 0 Å². The van der Waals surface area contributed by atoms with Gasteiger partial charge < -0.3 is 15.8 Å². The summed E-state index contributed by atoms with van der Waals surface area (Å²) in [6.45, 7) is 3.72. The maximum absolute atomic E-state index is 11.7. The number of H-pyrrole nitrogens is 1. The van der Waals surface area contributed by atoms with Gasteiger partial charge in [0.25, 0.3) is 5.56 Å². The number of aromatic amines is 1. The molecule has 0 aromatic carbocycles. The first-order chi connectivity index (χ1) is 8.45. The van der Waals surface area contributed by atoms with Crippen LogP contribution in [0.4, 0.5) is 11.8 Å². The predicted molar refractivity (Wildman–Crippen MR) is 66.4 cm³/mol. The molecule has 2 heterocycles. The van der Waals surface area contributed by atoms with Crippen LogP contribution >= 0.6 is 0 Å². The monoisotopic (exact) mass is 251 g/mol. The molecule has 2 aromatic heterocycles. The molecule has 0 bridgehead atoms. The SMILES string of the molecule is CCC(C)n1c([N+](=O)[O-])cc2c(=O)[nH]c(N)nc21. The molecule has 3 N–H and O–H groups in total. The highest BCUT2D eigenvalue weighted by Gasteiger charge is 2.25. The Kier molecular flexibility index (Phi) is 2.77. The minimum atomic E-state index is -0.524. The van der Waals surface area contributed by atoms with E-state index in [1.165, 1.54) is 10.6 Å². The lowest BCUT2D eigenvalue weighted by atomic mass is 10.2. The van der Waals surface area contributed by atoms with Gasteiger partial charge in [0, 0.05) is 0 Å². The van der Waals surface area contributed by atoms with E-state index in [2.05, 4.69) is 9.97 Å². The highest BCUT2D eigenvalue weighted by molar-refractivity contribution is 5.80. The van der Waals surface area contributed by atoms with Gasteiger partial charge in [0.15, 0.2) is 0 Å². The van der Waals surface area contributed by atoms with E-state index < -0.39 is 10.5 Å². The van der Waals surface area contributed by atoms with E-state index >= 15 is 0 Å². The molecule has 1 atom stereocenters. The van der Waals surface area contributed by atoms with Gasteiger partial charge in [0.1, 0.15) is 11.4 Å². The zero-order chi connectivity index (χ0) is 13.4. The number of rotatable bonds is 3. The molecule has 0 aliphatic rings. The van der Waals surface area contributed by atoms with Crippen molar-refractivity contribution in [3.63, 3.8) is 0 Å². The smallest absolute Gasteiger partial charge is 0.325 e. The van der Waals surface area contributed by atoms with E-state index in [1.807, 2.05) is 13.8 Å². The van der Waals surface area contributed by atoms with Crippen LogP contribution in [0.15, 0.2) is 10.9 Å². The first-order valence-corrected chi connectivity index (χ1v) is 5.50. The summed E-state index contributed by atoms with van der Waals surface area (Å²) in [5, 5.41) is 11.2. The molecule has 0 aliphatic carbocycles. The van der Waals surface area contributed by atoms with E-state index in [4.69, 9.17) is 5.73 Å². The predicted octanol–water partition coefficient (Wildman–Crippen LogP) is 1.19. The molecule has 8 heteroatoms. The molecule has 2 rings (SSSR count). The number of hydrogen-bond acceptors (Lipinski definition) is 5. The van der Waals surface area contributed by atoms with Gasteiger partial charge in [-0.1, -0.05) is 6.92 Å². The van der Waals surface area contributed by atoms with Crippen LogP contribution in [0, 0.1) is 10.1 Å². The number of nitrogen functional groups attached to an aromatic ring is 1. The van der Waals surface area contributed by atoms with Crippen molar-refractivity contribution in [3.05, 3.63) is 26.5 Å². The average molecular weight is 251 g/mol. The topological polar surface area (TPSA) is 120 Å². The minimum absolute atomic E-state index is 0.0509. The molecule has 0 saturated heterocycles. The Hall–Kier alpha value is -2.38. The Morgan fingerprint density at radius 2 is 2.33 bits per heavy atom. The second-order valence-electron chi connectivity index (χ2n) is 4.08. The third-order valence-corrected chi connectivity index (χ3v) is 2.92. The molecule has 2 aromatic rings. The second kappa shape index (κ2) is 4.13. The fourth-order valence-corrected chi connectivity index (χ4v) is 1.87. The van der Waals surface area contributed by atoms with E-state index in [0.29, 0.717) is 6.42 Å². The molecule has 1 unspecified atom stereocenters. The van der Waals surface area contributed by atoms with Gasteiger partial charge >= 0.3 is 5.82 Å². The van der Waals surface area contributed by atoms with Gasteiger partial charge in [0.05, 0.1) is 6.07 Å². The molecule has 0 amide bonds. The minimum Gasteiger partial charge on any atom is -0.369 e. The normalized spacial score (nSPS) is 12.8. The van der Waals surface area contributed by atoms with E-state index in [-0.39, 0.29) is 28.8 Å². The van der Waals surface area contributed by atoms with Crippen molar-refractivity contribution in [3.8, 4) is 0 Å². The maximum atomic E-state index is 11.7. The number of nitro groups is 1. The molecule has 8 nitrogen and oxygen atoms in total. The van der Waals surface area contributed by atoms with Gasteiger partial charge in [-0.05, 0) is 18.3 Å². The first kappa shape index (κ1) is 12.1. The Morgan fingerprint density at radius 1 is 1.67 bits per heavy atom. The molecule has 0 spiro atoms. The summed E-state index contributed by atoms with van der Waals surface area (Å²) in [6.07, 6.45) is 0.680. The summed E-state index contributed by atoms with van der Waals surface area (Å²) >= 11 is 0. The standard InChI is InChI=1S/C10H13N5O3/c1-3-5(2)14-7(15(17)18)4-6-8(14)12-10(11)13-9(6)16/h4-5H,3H2,1-2H3,(H3,11,12,13,16). The molecular weight excluding hydrogens is 238 g/mol. The molecule has 0 saturated carbocycles. The summed E-state index contributed by atoms with van der Waals surface area (Å²) < 4.78 is 1.43. The highest BCUT2D eigenvalue weighted by atomic mass is 16.6. The van der Waals surface area contributed by atoms with Crippen LogP contribution in [-0.4, -0.2) is 19.5 Å². The number of nitrogens with zero attached hydrogens (tertiary/aromatic N) is 3. The Morgan fingerprint density at radius 3 is 2.89 bits per heavy atom. The third-order valence-electron chi connectivity index (χ3n) is 2.92. The van der Waals surface area contributed by atoms with Crippen molar-refractivity contribution in [2.24, 2.45) is 0 Å². The summed E-state index contributed by atoms with van der Waals surface area (Å²) in [4.78, 5) is 28.5. The molecular formula is C10H13N5O3. The van der Waals surface area contributed by atoms with Crippen LogP contribution in [-0.2, 0) is 0 Å². The summed E-state index contributed by atoms with van der Waals surface area (Å²) in [5.74, 6) is -0.201. The molecule has 96 valence electrons. The van der Waals surface area contributed by atoms with Crippen molar-refractivity contribution in [2.45, 2.75) is 26.3 Å². The van der Waals surface area contributed by atoms with Crippen molar-refractivity contribution >= 4 is 22.8 Å². The number of hydrogen-bond donors (Lipinski definition) is 2. The Labute approximate surface area is 102 Å². The Bertz CT molecular complexity index is 672. The average Bonchev–Trinajstić information content (AvgIpc) is 2.67. The number of nitrogens with two attached hydrogens (primary N) is 1. The number of fused-ring (bicyclic) bond motifs is 1. The summed E-state index contributed by atoms with van der Waals surface area (Å²) in [6, 6.07) is 1.09. The van der Waals surface area contributed by atoms with Crippen LogP contribution < -0.4 is 11.3 Å². The van der Waals surface area contributed by atoms with E-state index in [1.54, 1.807) is 0 Å². The van der Waals surface area contributed by atoms with Gasteiger partial charge in [-0.25, -0.2) is 4.57 Å². The summed E-state index contributed by atoms with van der Waals surface area (Å²) in [7, 11) is 0. The highest BCUT2D eigenvalue weighted by Crippen LogP contribution is 2.27. The van der Waals surface area contributed by atoms with Crippen molar-refractivity contribution in [1.82, 2.24) is 14.5 Å². The molecule has 0 aliphatic heterocycles. The number of anilines is 1. The molecule has 0 fully saturated rings. The van der Waals surface area contributed by atoms with Crippen LogP contribution in [0.1, 0.15) is 26.3 Å². The van der Waals surface area contributed by atoms with Gasteiger partial charge in [-0.2, -0.15) is 4.98 Å². The fraction of sp³-hybridized carbons (Fsp3) is 0.400.